The Bertz CT molecular complexity index is 132. The second-order valence-corrected chi connectivity index (χ2v) is 3.73. The van der Waals surface area contributed by atoms with Crippen LogP contribution in [0, 0.1) is 0 Å². The first-order valence-corrected chi connectivity index (χ1v) is 4.86. The first-order chi connectivity index (χ1) is 5.40. The van der Waals surface area contributed by atoms with Crippen LogP contribution in [-0.2, 0) is 0 Å². The quantitative estimate of drug-likeness (QED) is 0.580. The van der Waals surface area contributed by atoms with Crippen molar-refractivity contribution in [3.8, 4) is 0 Å². The molecule has 0 spiro atoms. The zero-order chi connectivity index (χ0) is 7.68. The minimum atomic E-state index is 0.906. The maximum absolute atomic E-state index is 2.63. The third-order valence-electron chi connectivity index (χ3n) is 3.10. The van der Waals surface area contributed by atoms with E-state index in [0.717, 1.165) is 6.04 Å². The van der Waals surface area contributed by atoms with Gasteiger partial charge in [-0.05, 0) is 39.0 Å². The van der Waals surface area contributed by atoms with Gasteiger partial charge in [0.05, 0.1) is 0 Å². The van der Waals surface area contributed by atoms with Crippen molar-refractivity contribution in [2.24, 2.45) is 0 Å². The molecular formula is C9H18N2. The molecule has 0 aromatic heterocycles. The van der Waals surface area contributed by atoms with Crippen LogP contribution in [0.2, 0.25) is 0 Å². The highest BCUT2D eigenvalue weighted by molar-refractivity contribution is 4.86. The molecule has 11 heavy (non-hydrogen) atoms. The third-order valence-corrected chi connectivity index (χ3v) is 3.10. The van der Waals surface area contributed by atoms with E-state index < -0.39 is 0 Å². The van der Waals surface area contributed by atoms with E-state index in [1.807, 2.05) is 0 Å². The van der Waals surface area contributed by atoms with Gasteiger partial charge in [0.15, 0.2) is 0 Å². The first kappa shape index (κ1) is 7.56. The van der Waals surface area contributed by atoms with Crippen molar-refractivity contribution in [2.45, 2.75) is 25.8 Å². The Hall–Kier alpha value is -0.0800. The van der Waals surface area contributed by atoms with Crippen molar-refractivity contribution >= 4 is 0 Å². The van der Waals surface area contributed by atoms with Gasteiger partial charge in [-0.1, -0.05) is 6.92 Å². The molecule has 0 aromatic carbocycles. The van der Waals surface area contributed by atoms with Gasteiger partial charge in [-0.25, -0.2) is 0 Å². The SMILES string of the molecule is CCN1CC[C@@H](N2CCC2)C1. The molecular weight excluding hydrogens is 136 g/mol. The Labute approximate surface area is 69.2 Å². The minimum absolute atomic E-state index is 0.906. The van der Waals surface area contributed by atoms with Crippen molar-refractivity contribution in [1.29, 1.82) is 0 Å². The van der Waals surface area contributed by atoms with Crippen LogP contribution in [-0.4, -0.2) is 48.6 Å². The van der Waals surface area contributed by atoms with E-state index >= 15 is 0 Å². The molecule has 0 bridgehead atoms. The fourth-order valence-electron chi connectivity index (χ4n) is 2.10. The van der Waals surface area contributed by atoms with Crippen LogP contribution in [0.1, 0.15) is 19.8 Å². The Morgan fingerprint density at radius 3 is 2.55 bits per heavy atom. The first-order valence-electron chi connectivity index (χ1n) is 4.86. The standard InChI is InChI=1S/C9H18N2/c1-2-10-7-4-9(8-10)11-5-3-6-11/h9H,2-8H2,1H3/t9-/m1/s1. The van der Waals surface area contributed by atoms with Crippen molar-refractivity contribution in [2.75, 3.05) is 32.7 Å². The fourth-order valence-corrected chi connectivity index (χ4v) is 2.10. The van der Waals surface area contributed by atoms with Gasteiger partial charge in [0.1, 0.15) is 0 Å². The van der Waals surface area contributed by atoms with Crippen LogP contribution in [0.5, 0.6) is 0 Å². The van der Waals surface area contributed by atoms with E-state index in [0.29, 0.717) is 0 Å². The smallest absolute Gasteiger partial charge is 0.0235 e. The normalized spacial score (nSPS) is 34.1. The summed E-state index contributed by atoms with van der Waals surface area (Å²) in [7, 11) is 0. The number of hydrogen-bond donors (Lipinski definition) is 0. The average molecular weight is 154 g/mol. The van der Waals surface area contributed by atoms with E-state index in [1.54, 1.807) is 0 Å². The molecule has 2 nitrogen and oxygen atoms in total. The minimum Gasteiger partial charge on any atom is -0.302 e. The molecule has 2 heterocycles. The summed E-state index contributed by atoms with van der Waals surface area (Å²) in [6.07, 6.45) is 2.84. The van der Waals surface area contributed by atoms with Crippen molar-refractivity contribution in [3.05, 3.63) is 0 Å². The molecule has 0 aliphatic carbocycles. The summed E-state index contributed by atoms with van der Waals surface area (Å²) < 4.78 is 0. The highest BCUT2D eigenvalue weighted by atomic mass is 15.3. The maximum Gasteiger partial charge on any atom is 0.0235 e. The van der Waals surface area contributed by atoms with E-state index in [1.165, 1.54) is 45.6 Å². The molecule has 0 aromatic rings. The predicted octanol–water partition coefficient (Wildman–Crippen LogP) is 0.786. The third kappa shape index (κ3) is 1.42. The van der Waals surface area contributed by atoms with Crippen LogP contribution in [0.3, 0.4) is 0 Å². The van der Waals surface area contributed by atoms with E-state index in [2.05, 4.69) is 16.7 Å². The number of nitrogens with zero attached hydrogens (tertiary/aromatic N) is 2. The second-order valence-electron chi connectivity index (χ2n) is 3.73. The Kier molecular flexibility index (Phi) is 2.14. The molecule has 2 fully saturated rings. The summed E-state index contributed by atoms with van der Waals surface area (Å²) in [5, 5.41) is 0. The average Bonchev–Trinajstić information content (AvgIpc) is 2.32. The summed E-state index contributed by atoms with van der Waals surface area (Å²) >= 11 is 0. The predicted molar refractivity (Wildman–Crippen MR) is 46.7 cm³/mol. The van der Waals surface area contributed by atoms with Crippen LogP contribution >= 0.6 is 0 Å². The molecule has 2 aliphatic heterocycles. The van der Waals surface area contributed by atoms with Gasteiger partial charge in [-0.2, -0.15) is 0 Å². The summed E-state index contributed by atoms with van der Waals surface area (Å²) in [4.78, 5) is 5.19. The van der Waals surface area contributed by atoms with Crippen LogP contribution in [0.4, 0.5) is 0 Å². The van der Waals surface area contributed by atoms with Gasteiger partial charge in [0.2, 0.25) is 0 Å². The lowest BCUT2D eigenvalue weighted by atomic mass is 10.1. The molecule has 2 saturated heterocycles. The molecule has 2 aliphatic rings. The van der Waals surface area contributed by atoms with Crippen LogP contribution in [0.15, 0.2) is 0 Å². The van der Waals surface area contributed by atoms with Crippen LogP contribution in [0.25, 0.3) is 0 Å². The summed E-state index contributed by atoms with van der Waals surface area (Å²) in [6.45, 7) is 8.89. The zero-order valence-electron chi connectivity index (χ0n) is 7.42. The lowest BCUT2D eigenvalue weighted by molar-refractivity contribution is 0.120. The summed E-state index contributed by atoms with van der Waals surface area (Å²) in [5.41, 5.74) is 0. The number of likely N-dealkylation sites (N-methyl/N-ethyl adjacent to an activating group) is 1. The zero-order valence-corrected chi connectivity index (χ0v) is 7.42. The Morgan fingerprint density at radius 2 is 2.09 bits per heavy atom. The molecule has 0 radical (unpaired) electrons. The fraction of sp³-hybridized carbons (Fsp3) is 1.00. The summed E-state index contributed by atoms with van der Waals surface area (Å²) in [6, 6.07) is 0.906. The molecule has 1 atom stereocenters. The van der Waals surface area contributed by atoms with Gasteiger partial charge in [0.25, 0.3) is 0 Å². The number of likely N-dealkylation sites (tertiary alicyclic amines) is 2. The Morgan fingerprint density at radius 1 is 1.27 bits per heavy atom. The lowest BCUT2D eigenvalue weighted by Crippen LogP contribution is -2.46. The molecule has 2 heteroatoms. The van der Waals surface area contributed by atoms with E-state index in [-0.39, 0.29) is 0 Å². The topological polar surface area (TPSA) is 6.48 Å². The highest BCUT2D eigenvalue weighted by Crippen LogP contribution is 2.19. The van der Waals surface area contributed by atoms with E-state index in [4.69, 9.17) is 0 Å². The van der Waals surface area contributed by atoms with E-state index in [9.17, 15) is 0 Å². The van der Waals surface area contributed by atoms with Crippen LogP contribution < -0.4 is 0 Å². The highest BCUT2D eigenvalue weighted by Gasteiger charge is 2.29. The van der Waals surface area contributed by atoms with Crippen molar-refractivity contribution in [3.63, 3.8) is 0 Å². The van der Waals surface area contributed by atoms with Crippen molar-refractivity contribution < 1.29 is 0 Å². The molecule has 0 unspecified atom stereocenters. The van der Waals surface area contributed by atoms with Gasteiger partial charge in [0, 0.05) is 12.6 Å². The summed E-state index contributed by atoms with van der Waals surface area (Å²) in [5.74, 6) is 0. The van der Waals surface area contributed by atoms with Gasteiger partial charge in [-0.15, -0.1) is 0 Å². The molecule has 0 saturated carbocycles. The largest absolute Gasteiger partial charge is 0.302 e. The van der Waals surface area contributed by atoms with Crippen molar-refractivity contribution in [1.82, 2.24) is 9.80 Å². The molecule has 0 N–H and O–H groups in total. The van der Waals surface area contributed by atoms with Gasteiger partial charge < -0.3 is 4.90 Å². The molecule has 0 amide bonds. The number of rotatable bonds is 2. The van der Waals surface area contributed by atoms with Gasteiger partial charge >= 0.3 is 0 Å². The maximum atomic E-state index is 2.63. The molecule has 64 valence electrons. The Balaban J connectivity index is 1.79. The second kappa shape index (κ2) is 3.11. The molecule has 2 rings (SSSR count). The van der Waals surface area contributed by atoms with Gasteiger partial charge in [-0.3, -0.25) is 4.90 Å². The lowest BCUT2D eigenvalue weighted by Gasteiger charge is -2.36. The monoisotopic (exact) mass is 154 g/mol. The number of hydrogen-bond acceptors (Lipinski definition) is 2.